The zero-order chi connectivity index (χ0) is 13.1. The number of nitrogens with zero attached hydrogens (tertiary/aromatic N) is 1. The molecule has 0 aromatic heterocycles. The van der Waals surface area contributed by atoms with E-state index in [0.717, 1.165) is 6.26 Å². The van der Waals surface area contributed by atoms with Crippen molar-refractivity contribution in [2.75, 3.05) is 13.4 Å². The van der Waals surface area contributed by atoms with Gasteiger partial charge in [-0.15, -0.1) is 0 Å². The minimum atomic E-state index is -3.47. The Morgan fingerprint density at radius 1 is 1.47 bits per heavy atom. The van der Waals surface area contributed by atoms with Crippen LogP contribution < -0.4 is 4.74 Å². The maximum Gasteiger partial charge on any atom is 0.235 e. The number of ether oxygens (including phenoxy) is 1. The molecule has 0 spiro atoms. The Kier molecular flexibility index (Phi) is 4.28. The highest BCUT2D eigenvalue weighted by molar-refractivity contribution is 7.90. The summed E-state index contributed by atoms with van der Waals surface area (Å²) in [6.45, 7) is 0.0235. The molecule has 0 amide bonds. The molecule has 17 heavy (non-hydrogen) atoms. The van der Waals surface area contributed by atoms with Gasteiger partial charge in [0.1, 0.15) is 4.90 Å². The SMILES string of the molecule is COc1c(Cl)cc(CN=C=O)cc1S(C)(=O)=O. The Labute approximate surface area is 104 Å². The van der Waals surface area contributed by atoms with E-state index >= 15 is 0 Å². The van der Waals surface area contributed by atoms with Crippen LogP contribution in [0.2, 0.25) is 5.02 Å². The molecule has 0 atom stereocenters. The second kappa shape index (κ2) is 5.31. The number of aliphatic imine (C=N–C) groups is 1. The van der Waals surface area contributed by atoms with Crippen LogP contribution in [0.5, 0.6) is 5.75 Å². The van der Waals surface area contributed by atoms with Gasteiger partial charge in [0.05, 0.1) is 18.7 Å². The summed E-state index contributed by atoms with van der Waals surface area (Å²) < 4.78 is 28.0. The van der Waals surface area contributed by atoms with Crippen LogP contribution >= 0.6 is 11.6 Å². The molecule has 5 nitrogen and oxygen atoms in total. The number of isocyanates is 1. The molecular formula is C10H10ClNO4S. The molecule has 0 fully saturated rings. The van der Waals surface area contributed by atoms with Crippen molar-refractivity contribution in [2.24, 2.45) is 4.99 Å². The van der Waals surface area contributed by atoms with E-state index in [9.17, 15) is 13.2 Å². The highest BCUT2D eigenvalue weighted by Crippen LogP contribution is 2.33. The number of carbonyl (C=O) groups excluding carboxylic acids is 1. The highest BCUT2D eigenvalue weighted by atomic mass is 35.5. The quantitative estimate of drug-likeness (QED) is 0.618. The van der Waals surface area contributed by atoms with Crippen LogP contribution in [0.25, 0.3) is 0 Å². The van der Waals surface area contributed by atoms with Crippen LogP contribution in [0.15, 0.2) is 22.0 Å². The molecule has 0 saturated heterocycles. The molecule has 0 N–H and O–H groups in total. The smallest absolute Gasteiger partial charge is 0.235 e. The highest BCUT2D eigenvalue weighted by Gasteiger charge is 2.18. The van der Waals surface area contributed by atoms with Crippen LogP contribution in [0, 0.1) is 0 Å². The molecular weight excluding hydrogens is 266 g/mol. The molecule has 7 heteroatoms. The Morgan fingerprint density at radius 3 is 2.59 bits per heavy atom. The van der Waals surface area contributed by atoms with Crippen LogP contribution in [0.3, 0.4) is 0 Å². The third-order valence-electron chi connectivity index (χ3n) is 2.00. The molecule has 1 aromatic carbocycles. The average molecular weight is 276 g/mol. The summed E-state index contributed by atoms with van der Waals surface area (Å²) in [6.07, 6.45) is 2.42. The molecule has 0 saturated carbocycles. The van der Waals surface area contributed by atoms with Gasteiger partial charge in [0.25, 0.3) is 0 Å². The number of benzene rings is 1. The zero-order valence-electron chi connectivity index (χ0n) is 9.23. The van der Waals surface area contributed by atoms with Crippen molar-refractivity contribution in [3.63, 3.8) is 0 Å². The maximum absolute atomic E-state index is 11.5. The van der Waals surface area contributed by atoms with Crippen molar-refractivity contribution < 1.29 is 17.9 Å². The molecule has 0 aliphatic heterocycles. The lowest BCUT2D eigenvalue weighted by atomic mass is 10.2. The van der Waals surface area contributed by atoms with Crippen molar-refractivity contribution in [1.82, 2.24) is 0 Å². The van der Waals surface area contributed by atoms with Gasteiger partial charge in [-0.05, 0) is 17.7 Å². The lowest BCUT2D eigenvalue weighted by Crippen LogP contribution is -2.02. The van der Waals surface area contributed by atoms with Crippen molar-refractivity contribution in [3.05, 3.63) is 22.7 Å². The molecule has 0 unspecified atom stereocenters. The first kappa shape index (κ1) is 13.7. The maximum atomic E-state index is 11.5. The summed E-state index contributed by atoms with van der Waals surface area (Å²) >= 11 is 5.89. The fourth-order valence-electron chi connectivity index (χ4n) is 1.31. The summed E-state index contributed by atoms with van der Waals surface area (Å²) in [6, 6.07) is 2.87. The lowest BCUT2D eigenvalue weighted by Gasteiger charge is -2.10. The van der Waals surface area contributed by atoms with Gasteiger partial charge in [-0.25, -0.2) is 18.2 Å². The van der Waals surface area contributed by atoms with Crippen molar-refractivity contribution in [1.29, 1.82) is 0 Å². The van der Waals surface area contributed by atoms with Crippen molar-refractivity contribution in [3.8, 4) is 5.75 Å². The van der Waals surface area contributed by atoms with Crippen molar-refractivity contribution >= 4 is 27.5 Å². The lowest BCUT2D eigenvalue weighted by molar-refractivity contribution is 0.403. The van der Waals surface area contributed by atoms with E-state index in [1.807, 2.05) is 0 Å². The van der Waals surface area contributed by atoms with E-state index in [4.69, 9.17) is 16.3 Å². The Morgan fingerprint density at radius 2 is 2.12 bits per heavy atom. The minimum absolute atomic E-state index is 0.0235. The average Bonchev–Trinajstić information content (AvgIpc) is 2.24. The van der Waals surface area contributed by atoms with Gasteiger partial charge in [0.15, 0.2) is 15.6 Å². The molecule has 0 aliphatic rings. The van der Waals surface area contributed by atoms with E-state index < -0.39 is 9.84 Å². The van der Waals surface area contributed by atoms with Gasteiger partial charge in [0.2, 0.25) is 6.08 Å². The van der Waals surface area contributed by atoms with Crippen molar-refractivity contribution in [2.45, 2.75) is 11.4 Å². The van der Waals surface area contributed by atoms with E-state index in [1.54, 1.807) is 0 Å². The first-order valence-electron chi connectivity index (χ1n) is 4.50. The summed E-state index contributed by atoms with van der Waals surface area (Å²) in [5, 5.41) is 0.159. The second-order valence-electron chi connectivity index (χ2n) is 3.29. The number of sulfone groups is 1. The molecule has 1 rings (SSSR count). The van der Waals surface area contributed by atoms with Gasteiger partial charge in [-0.2, -0.15) is 0 Å². The van der Waals surface area contributed by atoms with Gasteiger partial charge in [-0.3, -0.25) is 0 Å². The van der Waals surface area contributed by atoms with Crippen LogP contribution in [0.1, 0.15) is 5.56 Å². The summed E-state index contributed by atoms with van der Waals surface area (Å²) in [5.41, 5.74) is 0.500. The predicted octanol–water partition coefficient (Wildman–Crippen LogP) is 1.59. The fraction of sp³-hybridized carbons (Fsp3) is 0.300. The molecule has 0 heterocycles. The van der Waals surface area contributed by atoms with Crippen LogP contribution in [0.4, 0.5) is 0 Å². The molecule has 92 valence electrons. The summed E-state index contributed by atoms with van der Waals surface area (Å²) in [5.74, 6) is 0.0907. The number of rotatable bonds is 4. The van der Waals surface area contributed by atoms with E-state index in [2.05, 4.69) is 4.99 Å². The largest absolute Gasteiger partial charge is 0.494 e. The van der Waals surface area contributed by atoms with Gasteiger partial charge in [0, 0.05) is 6.26 Å². The Balaban J connectivity index is 3.44. The van der Waals surface area contributed by atoms with Gasteiger partial charge in [-0.1, -0.05) is 11.6 Å². The second-order valence-corrected chi connectivity index (χ2v) is 5.68. The van der Waals surface area contributed by atoms with E-state index in [-0.39, 0.29) is 22.2 Å². The van der Waals surface area contributed by atoms with Gasteiger partial charge >= 0.3 is 0 Å². The fourth-order valence-corrected chi connectivity index (χ4v) is 2.58. The standard InChI is InChI=1S/C10H10ClNO4S/c1-16-10-8(11)3-7(5-12-6-13)4-9(10)17(2,14)15/h3-4H,5H2,1-2H3. The first-order valence-corrected chi connectivity index (χ1v) is 6.77. The Bertz CT molecular complexity index is 576. The van der Waals surface area contributed by atoms with Crippen LogP contribution in [-0.2, 0) is 21.2 Å². The van der Waals surface area contributed by atoms with E-state index in [0.29, 0.717) is 5.56 Å². The monoisotopic (exact) mass is 275 g/mol. The topological polar surface area (TPSA) is 72.8 Å². The van der Waals surface area contributed by atoms with E-state index in [1.165, 1.54) is 25.3 Å². The van der Waals surface area contributed by atoms with Crippen LogP contribution in [-0.4, -0.2) is 27.9 Å². The predicted molar refractivity (Wildman–Crippen MR) is 62.9 cm³/mol. The molecule has 0 bridgehead atoms. The molecule has 0 radical (unpaired) electrons. The normalized spacial score (nSPS) is 10.8. The number of hydrogen-bond donors (Lipinski definition) is 0. The summed E-state index contributed by atoms with van der Waals surface area (Å²) in [7, 11) is -2.13. The first-order chi connectivity index (χ1) is 7.90. The summed E-state index contributed by atoms with van der Waals surface area (Å²) in [4.78, 5) is 13.3. The third-order valence-corrected chi connectivity index (χ3v) is 3.38. The minimum Gasteiger partial charge on any atom is -0.494 e. The molecule has 0 aliphatic carbocycles. The Hall–Kier alpha value is -1.36. The third kappa shape index (κ3) is 3.30. The number of hydrogen-bond acceptors (Lipinski definition) is 5. The molecule has 1 aromatic rings. The number of methoxy groups -OCH3 is 1. The number of halogens is 1. The zero-order valence-corrected chi connectivity index (χ0v) is 10.8. The van der Waals surface area contributed by atoms with Gasteiger partial charge < -0.3 is 4.74 Å².